The van der Waals surface area contributed by atoms with E-state index in [2.05, 4.69) is 20.4 Å². The van der Waals surface area contributed by atoms with Crippen molar-refractivity contribution in [1.82, 2.24) is 30.0 Å². The molecule has 1 aliphatic heterocycles. The quantitative estimate of drug-likeness (QED) is 0.314. The number of carbonyl (C=O) groups excluding carboxylic acids is 3. The molecule has 0 radical (unpaired) electrons. The van der Waals surface area contributed by atoms with Crippen LogP contribution in [-0.4, -0.2) is 60.9 Å². The number of amides is 2. The third-order valence-corrected chi connectivity index (χ3v) is 8.21. The molecule has 1 aliphatic carbocycles. The number of hydrogen-bond acceptors (Lipinski definition) is 6. The molecule has 2 aromatic heterocycles. The number of nitrogens with zero attached hydrogens (tertiary/aromatic N) is 5. The van der Waals surface area contributed by atoms with E-state index < -0.39 is 11.9 Å². The summed E-state index contributed by atoms with van der Waals surface area (Å²) in [6, 6.07) is 14.0. The number of rotatable bonds is 8. The minimum Gasteiger partial charge on any atom is -0.348 e. The lowest BCUT2D eigenvalue weighted by Crippen LogP contribution is -2.49. The minimum atomic E-state index is -0.673. The van der Waals surface area contributed by atoms with Crippen LogP contribution in [0, 0.1) is 12.8 Å². The normalized spacial score (nSPS) is 19.8. The van der Waals surface area contributed by atoms with E-state index in [-0.39, 0.29) is 48.3 Å². The molecule has 2 amide bonds. The second-order valence-electron chi connectivity index (χ2n) is 11.0. The predicted octanol–water partition coefficient (Wildman–Crippen LogP) is 4.51. The van der Waals surface area contributed by atoms with Crippen molar-refractivity contribution in [2.45, 2.75) is 52.2 Å². The first-order valence-electron chi connectivity index (χ1n) is 14.0. The number of fused-ring (bicyclic) bond motifs is 2. The molecule has 3 atom stereocenters. The van der Waals surface area contributed by atoms with Crippen molar-refractivity contribution in [3.8, 4) is 11.1 Å². The Kier molecular flexibility index (Phi) is 7.14. The molecule has 2 aromatic carbocycles. The van der Waals surface area contributed by atoms with Crippen LogP contribution in [0.5, 0.6) is 0 Å². The molecular weight excluding hydrogens is 535 g/mol. The summed E-state index contributed by atoms with van der Waals surface area (Å²) in [6.45, 7) is 4.57. The van der Waals surface area contributed by atoms with Crippen LogP contribution in [0.4, 0.5) is 4.39 Å². The van der Waals surface area contributed by atoms with E-state index in [4.69, 9.17) is 0 Å². The van der Waals surface area contributed by atoms with Gasteiger partial charge in [0.25, 0.3) is 0 Å². The maximum absolute atomic E-state index is 14.9. The lowest BCUT2D eigenvalue weighted by molar-refractivity contribution is -0.140. The van der Waals surface area contributed by atoms with Gasteiger partial charge in [0.05, 0.1) is 12.1 Å². The van der Waals surface area contributed by atoms with Crippen molar-refractivity contribution in [3.05, 3.63) is 83.8 Å². The number of benzene rings is 2. The molecule has 10 heteroatoms. The molecule has 1 saturated carbocycles. The minimum absolute atomic E-state index is 0.0121. The summed E-state index contributed by atoms with van der Waals surface area (Å²) in [5, 5.41) is 7.82. The van der Waals surface area contributed by atoms with Gasteiger partial charge in [0.1, 0.15) is 29.9 Å². The van der Waals surface area contributed by atoms with Gasteiger partial charge in [-0.1, -0.05) is 36.4 Å². The number of Topliss-reactive ketones (excluding diaryl/α,β-unsaturated/α-hetero) is 1. The maximum Gasteiger partial charge on any atom is 0.245 e. The fourth-order valence-electron chi connectivity index (χ4n) is 5.80. The summed E-state index contributed by atoms with van der Waals surface area (Å²) < 4.78 is 16.4. The van der Waals surface area contributed by atoms with Crippen LogP contribution in [0.1, 0.15) is 48.6 Å². The number of carbonyl (C=O) groups is 3. The van der Waals surface area contributed by atoms with Gasteiger partial charge in [0.2, 0.25) is 11.8 Å². The Morgan fingerprint density at radius 2 is 1.74 bits per heavy atom. The van der Waals surface area contributed by atoms with E-state index in [9.17, 15) is 18.8 Å². The summed E-state index contributed by atoms with van der Waals surface area (Å²) in [5.41, 5.74) is 3.75. The second-order valence-corrected chi connectivity index (χ2v) is 11.0. The largest absolute Gasteiger partial charge is 0.348 e. The number of piperidine rings is 1. The summed E-state index contributed by atoms with van der Waals surface area (Å²) in [6.07, 6.45) is 4.84. The first-order chi connectivity index (χ1) is 20.2. The molecule has 9 nitrogen and oxygen atoms in total. The van der Waals surface area contributed by atoms with Gasteiger partial charge in [-0.25, -0.2) is 14.4 Å². The van der Waals surface area contributed by atoms with Crippen molar-refractivity contribution in [1.29, 1.82) is 0 Å². The van der Waals surface area contributed by atoms with Gasteiger partial charge in [0, 0.05) is 36.3 Å². The average molecular weight is 567 g/mol. The Hall–Kier alpha value is -4.73. The number of allylic oxidation sites excluding steroid dienone is 1. The van der Waals surface area contributed by atoms with E-state index in [0.717, 1.165) is 23.1 Å². The fraction of sp³-hybridized carbons (Fsp3) is 0.312. The highest BCUT2D eigenvalue weighted by Gasteiger charge is 2.56. The van der Waals surface area contributed by atoms with Crippen LogP contribution in [0.3, 0.4) is 0 Å². The molecule has 1 saturated heterocycles. The second kappa shape index (κ2) is 10.9. The number of ketones is 1. The molecule has 42 heavy (non-hydrogen) atoms. The Morgan fingerprint density at radius 3 is 2.45 bits per heavy atom. The number of nitrogens with one attached hydrogen (secondary N) is 1. The van der Waals surface area contributed by atoms with Crippen molar-refractivity contribution in [3.63, 3.8) is 0 Å². The van der Waals surface area contributed by atoms with Crippen LogP contribution < -0.4 is 5.32 Å². The standard InChI is InChI=1S/C32H31FN6O3/c1-18(21-7-5-4-6-8-21)26(33)16-36-32(42)29-13-23-12-28(23)39(29)30(41)17-38-27-10-9-22(24-14-34-20(3)35-15-24)11-25(27)31(37-38)19(2)40/h4-11,14-15,23,28-29H,12-13,16-17H2,1-3H3,(H,36,42)/b26-18+/t23?,28?,29-/m0/s1. The van der Waals surface area contributed by atoms with Crippen LogP contribution >= 0.6 is 0 Å². The highest BCUT2D eigenvalue weighted by atomic mass is 19.1. The van der Waals surface area contributed by atoms with E-state index in [0.29, 0.717) is 28.7 Å². The zero-order valence-corrected chi connectivity index (χ0v) is 23.7. The molecule has 2 unspecified atom stereocenters. The molecule has 3 heterocycles. The van der Waals surface area contributed by atoms with E-state index in [1.54, 1.807) is 24.2 Å². The molecule has 214 valence electrons. The van der Waals surface area contributed by atoms with Gasteiger partial charge in [0.15, 0.2) is 5.78 Å². The molecule has 1 N–H and O–H groups in total. The smallest absolute Gasteiger partial charge is 0.245 e. The highest BCUT2D eigenvalue weighted by molar-refractivity contribution is 6.06. The lowest BCUT2D eigenvalue weighted by Gasteiger charge is -2.27. The summed E-state index contributed by atoms with van der Waals surface area (Å²) >= 11 is 0. The van der Waals surface area contributed by atoms with Gasteiger partial charge in [-0.05, 0) is 61.4 Å². The van der Waals surface area contributed by atoms with Gasteiger partial charge < -0.3 is 10.2 Å². The van der Waals surface area contributed by atoms with Crippen LogP contribution in [0.25, 0.3) is 27.6 Å². The fourth-order valence-corrected chi connectivity index (χ4v) is 5.80. The lowest BCUT2D eigenvalue weighted by atomic mass is 10.0. The third kappa shape index (κ3) is 5.20. The molecule has 0 bridgehead atoms. The molecule has 2 fully saturated rings. The summed E-state index contributed by atoms with van der Waals surface area (Å²) in [7, 11) is 0. The first-order valence-corrected chi connectivity index (χ1v) is 14.0. The number of aryl methyl sites for hydroxylation is 1. The molecule has 4 aromatic rings. The summed E-state index contributed by atoms with van der Waals surface area (Å²) in [5.74, 6) is -0.348. The highest BCUT2D eigenvalue weighted by Crippen LogP contribution is 2.48. The number of halogens is 1. The molecular formula is C32H31FN6O3. The Morgan fingerprint density at radius 1 is 1.00 bits per heavy atom. The van der Waals surface area contributed by atoms with Crippen molar-refractivity contribution < 1.29 is 18.8 Å². The van der Waals surface area contributed by atoms with Gasteiger partial charge in [-0.2, -0.15) is 5.10 Å². The van der Waals surface area contributed by atoms with Crippen molar-refractivity contribution in [2.75, 3.05) is 6.54 Å². The molecule has 6 rings (SSSR count). The van der Waals surface area contributed by atoms with Gasteiger partial charge in [-0.15, -0.1) is 0 Å². The van der Waals surface area contributed by atoms with Crippen LogP contribution in [0.15, 0.2) is 66.8 Å². The molecule has 0 spiro atoms. The Labute approximate surface area is 242 Å². The zero-order valence-electron chi connectivity index (χ0n) is 23.7. The SMILES string of the molecule is CC(=O)c1nn(CC(=O)N2C3CC3C[C@H]2C(=O)NC/C(F)=C(/C)c2ccccc2)c2ccc(-c3cnc(C)nc3)cc12. The number of hydrogen-bond donors (Lipinski definition) is 1. The zero-order chi connectivity index (χ0) is 29.5. The third-order valence-electron chi connectivity index (χ3n) is 8.21. The number of aromatic nitrogens is 4. The van der Waals surface area contributed by atoms with E-state index in [1.165, 1.54) is 11.6 Å². The Bertz CT molecular complexity index is 1730. The van der Waals surface area contributed by atoms with Crippen molar-refractivity contribution in [2.24, 2.45) is 5.92 Å². The summed E-state index contributed by atoms with van der Waals surface area (Å²) in [4.78, 5) is 49.4. The van der Waals surface area contributed by atoms with Gasteiger partial charge in [-0.3, -0.25) is 19.1 Å². The monoisotopic (exact) mass is 566 g/mol. The van der Waals surface area contributed by atoms with Crippen molar-refractivity contribution >= 4 is 34.1 Å². The van der Waals surface area contributed by atoms with Crippen LogP contribution in [0.2, 0.25) is 0 Å². The number of likely N-dealkylation sites (tertiary alicyclic amines) is 1. The Balaban J connectivity index is 1.20. The predicted molar refractivity (Wildman–Crippen MR) is 156 cm³/mol. The topological polar surface area (TPSA) is 110 Å². The van der Waals surface area contributed by atoms with E-state index >= 15 is 0 Å². The maximum atomic E-state index is 14.9. The average Bonchev–Trinajstić information content (AvgIpc) is 3.50. The van der Waals surface area contributed by atoms with Crippen LogP contribution in [-0.2, 0) is 16.1 Å². The van der Waals surface area contributed by atoms with E-state index in [1.807, 2.05) is 55.5 Å². The molecule has 2 aliphatic rings. The van der Waals surface area contributed by atoms with Gasteiger partial charge >= 0.3 is 0 Å². The first kappa shape index (κ1) is 27.4.